The first-order chi connectivity index (χ1) is 8.90. The van der Waals surface area contributed by atoms with E-state index < -0.39 is 0 Å². The Balaban J connectivity index is 1.28. The van der Waals surface area contributed by atoms with Crippen molar-refractivity contribution in [2.45, 2.75) is 50.6 Å². The summed E-state index contributed by atoms with van der Waals surface area (Å²) in [5.74, 6) is 0.954. The molecule has 2 aliphatic heterocycles. The van der Waals surface area contributed by atoms with Crippen molar-refractivity contribution in [3.8, 4) is 0 Å². The van der Waals surface area contributed by atoms with E-state index in [0.717, 1.165) is 31.0 Å². The molecule has 0 saturated carbocycles. The van der Waals surface area contributed by atoms with Gasteiger partial charge in [0.05, 0.1) is 11.2 Å². The molecule has 0 radical (unpaired) electrons. The van der Waals surface area contributed by atoms with Crippen LogP contribution in [0, 0.1) is 5.92 Å². The van der Waals surface area contributed by atoms with E-state index in [9.17, 15) is 0 Å². The minimum atomic E-state index is 0.837. The highest BCUT2D eigenvalue weighted by atomic mass is 32.1. The van der Waals surface area contributed by atoms with E-state index in [1.165, 1.54) is 44.3 Å². The highest BCUT2D eigenvalue weighted by Crippen LogP contribution is 2.32. The number of fused-ring (bicyclic) bond motifs is 2. The lowest BCUT2D eigenvalue weighted by atomic mass is 9.90. The number of aromatic nitrogens is 1. The van der Waals surface area contributed by atoms with Crippen LogP contribution in [-0.4, -0.2) is 30.2 Å². The Morgan fingerprint density at radius 2 is 2.11 bits per heavy atom. The summed E-state index contributed by atoms with van der Waals surface area (Å²) < 4.78 is 0. The zero-order valence-corrected chi connectivity index (χ0v) is 11.7. The van der Waals surface area contributed by atoms with Gasteiger partial charge in [-0.1, -0.05) is 0 Å². The number of nitrogens with one attached hydrogen (secondary N) is 2. The van der Waals surface area contributed by atoms with Gasteiger partial charge in [0.1, 0.15) is 0 Å². The third-order valence-electron chi connectivity index (χ3n) is 4.34. The topological polar surface area (TPSA) is 37.0 Å². The largest absolute Gasteiger partial charge is 0.316 e. The van der Waals surface area contributed by atoms with Crippen molar-refractivity contribution >= 4 is 11.3 Å². The first-order valence-corrected chi connectivity index (χ1v) is 8.18. The molecule has 100 valence electrons. The van der Waals surface area contributed by atoms with Crippen LogP contribution < -0.4 is 10.6 Å². The van der Waals surface area contributed by atoms with E-state index >= 15 is 0 Å². The van der Waals surface area contributed by atoms with Gasteiger partial charge in [-0.05, 0) is 44.6 Å². The predicted molar refractivity (Wildman–Crippen MR) is 76.0 cm³/mol. The van der Waals surface area contributed by atoms with Crippen LogP contribution in [-0.2, 0) is 6.42 Å². The first kappa shape index (κ1) is 12.6. The summed E-state index contributed by atoms with van der Waals surface area (Å²) in [6.45, 7) is 2.25. The standard InChI is InChI=1S/C14H23N3S/c1-2-13-8-11(7-12(1)17-13)3-5-15-6-4-14-9-18-10-16-14/h9-13,15,17H,1-8H2. The Bertz CT molecular complexity index is 340. The van der Waals surface area contributed by atoms with Gasteiger partial charge < -0.3 is 10.6 Å². The van der Waals surface area contributed by atoms with Gasteiger partial charge in [0.15, 0.2) is 0 Å². The number of hydrogen-bond acceptors (Lipinski definition) is 4. The molecule has 2 unspecified atom stereocenters. The maximum atomic E-state index is 4.30. The van der Waals surface area contributed by atoms with Crippen LogP contribution in [0.25, 0.3) is 0 Å². The molecule has 1 aromatic heterocycles. The zero-order chi connectivity index (χ0) is 12.2. The van der Waals surface area contributed by atoms with Crippen molar-refractivity contribution in [2.24, 2.45) is 5.92 Å². The third-order valence-corrected chi connectivity index (χ3v) is 4.98. The maximum Gasteiger partial charge on any atom is 0.0794 e. The molecule has 2 saturated heterocycles. The number of piperidine rings is 1. The summed E-state index contributed by atoms with van der Waals surface area (Å²) in [4.78, 5) is 4.30. The molecule has 3 nitrogen and oxygen atoms in total. The fourth-order valence-corrected chi connectivity index (χ4v) is 4.01. The molecule has 4 heteroatoms. The predicted octanol–water partition coefficient (Wildman–Crippen LogP) is 2.20. The van der Waals surface area contributed by atoms with Gasteiger partial charge in [0.25, 0.3) is 0 Å². The second-order valence-electron chi connectivity index (χ2n) is 5.74. The van der Waals surface area contributed by atoms with E-state index in [2.05, 4.69) is 21.0 Å². The van der Waals surface area contributed by atoms with E-state index in [1.54, 1.807) is 11.3 Å². The molecule has 1 aromatic rings. The Morgan fingerprint density at radius 3 is 2.83 bits per heavy atom. The molecule has 3 rings (SSSR count). The van der Waals surface area contributed by atoms with E-state index in [4.69, 9.17) is 0 Å². The smallest absolute Gasteiger partial charge is 0.0794 e. The van der Waals surface area contributed by atoms with Crippen LogP contribution in [0.4, 0.5) is 0 Å². The van der Waals surface area contributed by atoms with Gasteiger partial charge in [-0.25, -0.2) is 4.98 Å². The van der Waals surface area contributed by atoms with Gasteiger partial charge in [0, 0.05) is 30.4 Å². The highest BCUT2D eigenvalue weighted by molar-refractivity contribution is 7.07. The van der Waals surface area contributed by atoms with E-state index in [-0.39, 0.29) is 0 Å². The van der Waals surface area contributed by atoms with Crippen molar-refractivity contribution in [2.75, 3.05) is 13.1 Å². The van der Waals surface area contributed by atoms with Crippen LogP contribution in [0.15, 0.2) is 10.9 Å². The van der Waals surface area contributed by atoms with Crippen molar-refractivity contribution in [1.82, 2.24) is 15.6 Å². The second-order valence-corrected chi connectivity index (χ2v) is 6.46. The van der Waals surface area contributed by atoms with Crippen LogP contribution in [0.3, 0.4) is 0 Å². The lowest BCUT2D eigenvalue weighted by Crippen LogP contribution is -2.38. The van der Waals surface area contributed by atoms with Gasteiger partial charge >= 0.3 is 0 Å². The Morgan fingerprint density at radius 1 is 1.28 bits per heavy atom. The Labute approximate surface area is 113 Å². The quantitative estimate of drug-likeness (QED) is 0.774. The molecule has 0 aromatic carbocycles. The number of thiazole rings is 1. The third kappa shape index (κ3) is 3.31. The summed E-state index contributed by atoms with van der Waals surface area (Å²) in [6, 6.07) is 1.67. The molecule has 2 aliphatic rings. The van der Waals surface area contributed by atoms with Gasteiger partial charge in [-0.15, -0.1) is 11.3 Å². The minimum Gasteiger partial charge on any atom is -0.316 e. The molecule has 0 aliphatic carbocycles. The van der Waals surface area contributed by atoms with Gasteiger partial charge in [-0.3, -0.25) is 0 Å². The zero-order valence-electron chi connectivity index (χ0n) is 10.9. The van der Waals surface area contributed by atoms with Crippen LogP contribution >= 0.6 is 11.3 Å². The lowest BCUT2D eigenvalue weighted by molar-refractivity contribution is 0.283. The molecule has 2 bridgehead atoms. The molecular weight excluding hydrogens is 242 g/mol. The SMILES string of the molecule is c1nc(CCNCCC2CC3CCC(C2)N3)cs1. The fraction of sp³-hybridized carbons (Fsp3) is 0.786. The number of rotatable bonds is 6. The van der Waals surface area contributed by atoms with E-state index in [0.29, 0.717) is 0 Å². The van der Waals surface area contributed by atoms with Crippen LogP contribution in [0.1, 0.15) is 37.8 Å². The average Bonchev–Trinajstić information content (AvgIpc) is 2.99. The van der Waals surface area contributed by atoms with Crippen LogP contribution in [0.5, 0.6) is 0 Å². The maximum absolute atomic E-state index is 4.30. The molecule has 2 atom stereocenters. The average molecular weight is 265 g/mol. The number of hydrogen-bond donors (Lipinski definition) is 2. The highest BCUT2D eigenvalue weighted by Gasteiger charge is 2.32. The summed E-state index contributed by atoms with van der Waals surface area (Å²) in [6.07, 6.45) is 8.07. The molecule has 0 spiro atoms. The molecule has 0 amide bonds. The van der Waals surface area contributed by atoms with Crippen molar-refractivity contribution in [1.29, 1.82) is 0 Å². The Hall–Kier alpha value is -0.450. The summed E-state index contributed by atoms with van der Waals surface area (Å²) in [7, 11) is 0. The van der Waals surface area contributed by atoms with Crippen molar-refractivity contribution in [3.63, 3.8) is 0 Å². The summed E-state index contributed by atoms with van der Waals surface area (Å²) >= 11 is 1.69. The van der Waals surface area contributed by atoms with Gasteiger partial charge in [-0.2, -0.15) is 0 Å². The molecule has 2 N–H and O–H groups in total. The van der Waals surface area contributed by atoms with Crippen LogP contribution in [0.2, 0.25) is 0 Å². The van der Waals surface area contributed by atoms with Gasteiger partial charge in [0.2, 0.25) is 0 Å². The summed E-state index contributed by atoms with van der Waals surface area (Å²) in [5.41, 5.74) is 3.15. The normalized spacial score (nSPS) is 30.8. The number of nitrogens with zero attached hydrogens (tertiary/aromatic N) is 1. The lowest BCUT2D eigenvalue weighted by Gasteiger charge is -2.29. The second kappa shape index (κ2) is 6.13. The van der Waals surface area contributed by atoms with E-state index in [1.807, 2.05) is 5.51 Å². The Kier molecular flexibility index (Phi) is 4.28. The van der Waals surface area contributed by atoms with Crippen molar-refractivity contribution < 1.29 is 0 Å². The molecule has 2 fully saturated rings. The monoisotopic (exact) mass is 265 g/mol. The first-order valence-electron chi connectivity index (χ1n) is 7.24. The molecular formula is C14H23N3S. The minimum absolute atomic E-state index is 0.837. The summed E-state index contributed by atoms with van der Waals surface area (Å²) in [5, 5.41) is 9.42. The van der Waals surface area contributed by atoms with Crippen molar-refractivity contribution in [3.05, 3.63) is 16.6 Å². The fourth-order valence-electron chi connectivity index (χ4n) is 3.42. The molecule has 3 heterocycles. The molecule has 18 heavy (non-hydrogen) atoms.